The van der Waals surface area contributed by atoms with Crippen molar-refractivity contribution in [2.75, 3.05) is 0 Å². The normalized spacial score (nSPS) is 28.6. The summed E-state index contributed by atoms with van der Waals surface area (Å²) in [6.45, 7) is 2.26. The third-order valence-electron chi connectivity index (χ3n) is 4.50. The van der Waals surface area contributed by atoms with Crippen LogP contribution < -0.4 is 0 Å². The lowest BCUT2D eigenvalue weighted by molar-refractivity contribution is 0.0234. The van der Waals surface area contributed by atoms with Crippen molar-refractivity contribution < 1.29 is 5.11 Å². The third-order valence-corrected chi connectivity index (χ3v) is 5.27. The van der Waals surface area contributed by atoms with E-state index < -0.39 is 5.60 Å². The first-order valence-corrected chi connectivity index (χ1v) is 8.20. The maximum Gasteiger partial charge on any atom is 0.193 e. The quantitative estimate of drug-likeness (QED) is 0.870. The summed E-state index contributed by atoms with van der Waals surface area (Å²) in [7, 11) is 0. The predicted molar refractivity (Wildman–Crippen MR) is 78.6 cm³/mol. The molecule has 2 heterocycles. The largest absolute Gasteiger partial charge is 0.389 e. The summed E-state index contributed by atoms with van der Waals surface area (Å²) < 4.78 is 2.05. The second-order valence-electron chi connectivity index (χ2n) is 5.93. The van der Waals surface area contributed by atoms with Gasteiger partial charge in [-0.3, -0.25) is 4.40 Å². The first kappa shape index (κ1) is 13.1. The van der Waals surface area contributed by atoms with Gasteiger partial charge in [-0.15, -0.1) is 11.3 Å². The summed E-state index contributed by atoms with van der Waals surface area (Å²) in [5.74, 6) is 0.805. The number of imidazole rings is 1. The molecule has 1 aliphatic carbocycles. The second kappa shape index (κ2) is 5.25. The Kier molecular flexibility index (Phi) is 3.63. The molecule has 0 spiro atoms. The Morgan fingerprint density at radius 2 is 2.37 bits per heavy atom. The van der Waals surface area contributed by atoms with Crippen LogP contribution >= 0.6 is 11.3 Å². The Bertz CT molecular complexity index is 519. The Balaban J connectivity index is 1.72. The topological polar surface area (TPSA) is 37.5 Å². The highest BCUT2D eigenvalue weighted by molar-refractivity contribution is 7.15. The van der Waals surface area contributed by atoms with Gasteiger partial charge < -0.3 is 5.11 Å². The number of aliphatic hydroxyl groups is 1. The molecule has 0 aliphatic heterocycles. The fourth-order valence-electron chi connectivity index (χ4n) is 3.25. The van der Waals surface area contributed by atoms with E-state index in [0.717, 1.165) is 42.3 Å². The van der Waals surface area contributed by atoms with Crippen LogP contribution in [0.5, 0.6) is 0 Å². The molecular weight excluding hydrogens is 256 g/mol. The van der Waals surface area contributed by atoms with Gasteiger partial charge in [0, 0.05) is 24.2 Å². The Hall–Kier alpha value is -0.870. The summed E-state index contributed by atoms with van der Waals surface area (Å²) in [5.41, 5.74) is 0.498. The Morgan fingerprint density at radius 1 is 1.47 bits per heavy atom. The summed E-state index contributed by atoms with van der Waals surface area (Å²) in [6.07, 6.45) is 11.5. The van der Waals surface area contributed by atoms with Crippen molar-refractivity contribution >= 4 is 16.3 Å². The van der Waals surface area contributed by atoms with Crippen LogP contribution in [0.4, 0.5) is 0 Å². The summed E-state index contributed by atoms with van der Waals surface area (Å²) >= 11 is 1.65. The van der Waals surface area contributed by atoms with Gasteiger partial charge in [0.2, 0.25) is 0 Å². The minimum atomic E-state index is -0.534. The maximum absolute atomic E-state index is 10.8. The van der Waals surface area contributed by atoms with E-state index in [2.05, 4.69) is 22.5 Å². The Morgan fingerprint density at radius 3 is 3.16 bits per heavy atom. The van der Waals surface area contributed by atoms with Crippen LogP contribution in [0.25, 0.3) is 4.96 Å². The van der Waals surface area contributed by atoms with Gasteiger partial charge in [-0.2, -0.15) is 0 Å². The van der Waals surface area contributed by atoms with Gasteiger partial charge in [0.1, 0.15) is 0 Å². The first-order valence-electron chi connectivity index (χ1n) is 7.32. The molecule has 2 aromatic rings. The molecule has 0 saturated heterocycles. The van der Waals surface area contributed by atoms with Crippen molar-refractivity contribution in [1.29, 1.82) is 0 Å². The fourth-order valence-corrected chi connectivity index (χ4v) is 3.96. The lowest BCUT2D eigenvalue weighted by Gasteiger charge is -2.25. The molecule has 4 heteroatoms. The number of thiazole rings is 1. The number of fused-ring (bicyclic) bond motifs is 1. The average molecular weight is 278 g/mol. The van der Waals surface area contributed by atoms with Crippen molar-refractivity contribution in [1.82, 2.24) is 9.38 Å². The van der Waals surface area contributed by atoms with E-state index in [1.54, 1.807) is 11.3 Å². The molecule has 104 valence electrons. The number of aromatic nitrogens is 2. The zero-order valence-electron chi connectivity index (χ0n) is 11.5. The number of rotatable bonds is 3. The van der Waals surface area contributed by atoms with Crippen molar-refractivity contribution in [3.63, 3.8) is 0 Å². The van der Waals surface area contributed by atoms with Crippen molar-refractivity contribution in [3.05, 3.63) is 23.5 Å². The molecule has 3 nitrogen and oxygen atoms in total. The molecule has 2 aromatic heterocycles. The molecule has 0 bridgehead atoms. The molecule has 0 radical (unpaired) electrons. The SMILES string of the molecule is CCC1CCCC(O)(Cc2cn3ccsc3n2)CC1. The molecule has 0 amide bonds. The van der Waals surface area contributed by atoms with E-state index >= 15 is 0 Å². The van der Waals surface area contributed by atoms with E-state index in [1.165, 1.54) is 12.8 Å². The molecule has 2 unspecified atom stereocenters. The fraction of sp³-hybridized carbons (Fsp3) is 0.667. The summed E-state index contributed by atoms with van der Waals surface area (Å²) in [4.78, 5) is 5.63. The smallest absolute Gasteiger partial charge is 0.193 e. The monoisotopic (exact) mass is 278 g/mol. The third kappa shape index (κ3) is 2.84. The first-order chi connectivity index (χ1) is 9.18. The minimum absolute atomic E-state index is 0.534. The minimum Gasteiger partial charge on any atom is -0.389 e. The standard InChI is InChI=1S/C15H22N2OS/c1-2-12-4-3-6-15(18,7-5-12)10-13-11-17-8-9-19-14(17)16-13/h8-9,11-12,18H,2-7,10H2,1H3. The highest BCUT2D eigenvalue weighted by Gasteiger charge is 2.31. The van der Waals surface area contributed by atoms with Gasteiger partial charge in [0.05, 0.1) is 11.3 Å². The van der Waals surface area contributed by atoms with Gasteiger partial charge in [0.15, 0.2) is 4.96 Å². The number of hydrogen-bond donors (Lipinski definition) is 1. The molecule has 1 saturated carbocycles. The van der Waals surface area contributed by atoms with Crippen LogP contribution in [0, 0.1) is 5.92 Å². The van der Waals surface area contributed by atoms with Crippen molar-refractivity contribution in [2.45, 2.75) is 57.5 Å². The van der Waals surface area contributed by atoms with Crippen LogP contribution in [-0.2, 0) is 6.42 Å². The van der Waals surface area contributed by atoms with Crippen LogP contribution in [0.15, 0.2) is 17.8 Å². The molecule has 1 N–H and O–H groups in total. The zero-order chi connectivity index (χ0) is 13.3. The molecular formula is C15H22N2OS. The zero-order valence-corrected chi connectivity index (χ0v) is 12.3. The van der Waals surface area contributed by atoms with Gasteiger partial charge in [-0.1, -0.05) is 26.2 Å². The van der Waals surface area contributed by atoms with Crippen LogP contribution in [-0.4, -0.2) is 20.1 Å². The van der Waals surface area contributed by atoms with E-state index in [1.807, 2.05) is 11.6 Å². The van der Waals surface area contributed by atoms with Gasteiger partial charge in [-0.05, 0) is 25.2 Å². The van der Waals surface area contributed by atoms with Crippen molar-refractivity contribution in [3.8, 4) is 0 Å². The van der Waals surface area contributed by atoms with Crippen LogP contribution in [0.2, 0.25) is 0 Å². The highest BCUT2D eigenvalue weighted by Crippen LogP contribution is 2.34. The van der Waals surface area contributed by atoms with Crippen LogP contribution in [0.1, 0.15) is 51.1 Å². The molecule has 0 aromatic carbocycles. The van der Waals surface area contributed by atoms with Gasteiger partial charge in [-0.25, -0.2) is 4.98 Å². The molecule has 1 fully saturated rings. The van der Waals surface area contributed by atoms with Gasteiger partial charge >= 0.3 is 0 Å². The van der Waals surface area contributed by atoms with E-state index in [9.17, 15) is 5.11 Å². The van der Waals surface area contributed by atoms with E-state index in [0.29, 0.717) is 6.42 Å². The Labute approximate surface area is 118 Å². The van der Waals surface area contributed by atoms with Crippen LogP contribution in [0.3, 0.4) is 0 Å². The highest BCUT2D eigenvalue weighted by atomic mass is 32.1. The van der Waals surface area contributed by atoms with Crippen molar-refractivity contribution in [2.24, 2.45) is 5.92 Å². The summed E-state index contributed by atoms with van der Waals surface area (Å²) in [5, 5.41) is 12.9. The maximum atomic E-state index is 10.8. The average Bonchev–Trinajstić information content (AvgIpc) is 2.88. The molecule has 2 atom stereocenters. The second-order valence-corrected chi connectivity index (χ2v) is 6.80. The number of nitrogens with zero attached hydrogens (tertiary/aromatic N) is 2. The molecule has 19 heavy (non-hydrogen) atoms. The lowest BCUT2D eigenvalue weighted by Crippen LogP contribution is -2.30. The van der Waals surface area contributed by atoms with E-state index in [-0.39, 0.29) is 0 Å². The predicted octanol–water partition coefficient (Wildman–Crippen LogP) is 3.66. The lowest BCUT2D eigenvalue weighted by atomic mass is 9.89. The molecule has 3 rings (SSSR count). The number of hydrogen-bond acceptors (Lipinski definition) is 3. The van der Waals surface area contributed by atoms with E-state index in [4.69, 9.17) is 0 Å². The van der Waals surface area contributed by atoms with Gasteiger partial charge in [0.25, 0.3) is 0 Å². The molecule has 1 aliphatic rings. The summed E-state index contributed by atoms with van der Waals surface area (Å²) in [6, 6.07) is 0.